The van der Waals surface area contributed by atoms with Crippen LogP contribution in [0.15, 0.2) is 35.1 Å². The van der Waals surface area contributed by atoms with Gasteiger partial charge in [-0.05, 0) is 49.7 Å². The zero-order valence-electron chi connectivity index (χ0n) is 16.9. The molecule has 0 spiro atoms. The fourth-order valence-electron chi connectivity index (χ4n) is 3.13. The molecule has 29 heavy (non-hydrogen) atoms. The predicted molar refractivity (Wildman–Crippen MR) is 108 cm³/mol. The number of rotatable bonds is 5. The molecule has 1 aliphatic heterocycles. The monoisotopic (exact) mass is 399 g/mol. The Kier molecular flexibility index (Phi) is 6.33. The molecular formula is C21H25N3O5. The fourth-order valence-corrected chi connectivity index (χ4v) is 3.13. The van der Waals surface area contributed by atoms with Crippen molar-refractivity contribution >= 4 is 17.5 Å². The number of aryl methyl sites for hydroxylation is 2. The third-order valence-electron chi connectivity index (χ3n) is 4.93. The first-order valence-corrected chi connectivity index (χ1v) is 9.44. The third kappa shape index (κ3) is 4.83. The van der Waals surface area contributed by atoms with E-state index in [9.17, 15) is 14.4 Å². The molecule has 0 atom stereocenters. The van der Waals surface area contributed by atoms with E-state index in [1.54, 1.807) is 49.2 Å². The van der Waals surface area contributed by atoms with Crippen molar-refractivity contribution in [3.8, 4) is 5.75 Å². The lowest BCUT2D eigenvalue weighted by Crippen LogP contribution is -2.42. The summed E-state index contributed by atoms with van der Waals surface area (Å²) in [5, 5.41) is 2.73. The minimum atomic E-state index is -0.459. The fraction of sp³-hybridized carbons (Fsp3) is 0.381. The maximum absolute atomic E-state index is 12.6. The number of nitrogens with zero attached hydrogens (tertiary/aromatic N) is 2. The average molecular weight is 399 g/mol. The Balaban J connectivity index is 1.61. The third-order valence-corrected chi connectivity index (χ3v) is 4.93. The van der Waals surface area contributed by atoms with Crippen LogP contribution in [0, 0.1) is 13.8 Å². The molecule has 0 bridgehead atoms. The number of hydrogen-bond donors (Lipinski definition) is 1. The van der Waals surface area contributed by atoms with Crippen LogP contribution in [0.3, 0.4) is 0 Å². The molecule has 3 rings (SSSR count). The van der Waals surface area contributed by atoms with Crippen molar-refractivity contribution in [2.24, 2.45) is 7.05 Å². The molecular weight excluding hydrogens is 374 g/mol. The standard InChI is InChI=1S/C21H25N3O5/c1-14-12-15(2)23(3)21(27)19(14)20(26)22-16-4-6-17(7-5-16)29-13-18(25)24-8-10-28-11-9-24/h4-7,12H,8-11,13H2,1-3H3,(H,22,26). The van der Waals surface area contributed by atoms with Crippen molar-refractivity contribution in [3.63, 3.8) is 0 Å². The van der Waals surface area contributed by atoms with Gasteiger partial charge in [-0.3, -0.25) is 14.4 Å². The number of anilines is 1. The number of ether oxygens (including phenoxy) is 2. The smallest absolute Gasteiger partial charge is 0.263 e. The Morgan fingerprint density at radius 2 is 1.79 bits per heavy atom. The van der Waals surface area contributed by atoms with Gasteiger partial charge >= 0.3 is 0 Å². The quantitative estimate of drug-likeness (QED) is 0.823. The van der Waals surface area contributed by atoms with Gasteiger partial charge in [-0.2, -0.15) is 0 Å². The molecule has 2 heterocycles. The Labute approximate surface area is 169 Å². The molecule has 0 unspecified atom stereocenters. The van der Waals surface area contributed by atoms with E-state index in [2.05, 4.69) is 5.32 Å². The van der Waals surface area contributed by atoms with Gasteiger partial charge in [0.05, 0.1) is 13.2 Å². The lowest BCUT2D eigenvalue weighted by atomic mass is 10.1. The average Bonchev–Trinajstić information content (AvgIpc) is 2.72. The predicted octanol–water partition coefficient (Wildman–Crippen LogP) is 1.49. The van der Waals surface area contributed by atoms with Crippen LogP contribution in [0.25, 0.3) is 0 Å². The summed E-state index contributed by atoms with van der Waals surface area (Å²) in [5.74, 6) is -0.0253. The first-order valence-electron chi connectivity index (χ1n) is 9.44. The largest absolute Gasteiger partial charge is 0.484 e. The number of carbonyl (C=O) groups is 2. The summed E-state index contributed by atoms with van der Waals surface area (Å²) in [6.45, 7) is 5.75. The van der Waals surface area contributed by atoms with Gasteiger partial charge in [0.25, 0.3) is 17.4 Å². The van der Waals surface area contributed by atoms with E-state index in [1.807, 2.05) is 6.92 Å². The van der Waals surface area contributed by atoms with Gasteiger partial charge < -0.3 is 24.3 Å². The van der Waals surface area contributed by atoms with Gasteiger partial charge in [-0.1, -0.05) is 0 Å². The van der Waals surface area contributed by atoms with Crippen LogP contribution < -0.4 is 15.6 Å². The molecule has 8 nitrogen and oxygen atoms in total. The number of aromatic nitrogens is 1. The summed E-state index contributed by atoms with van der Waals surface area (Å²) >= 11 is 0. The number of benzene rings is 1. The van der Waals surface area contributed by atoms with Gasteiger partial charge in [-0.15, -0.1) is 0 Å². The highest BCUT2D eigenvalue weighted by Gasteiger charge is 2.18. The van der Waals surface area contributed by atoms with Crippen LogP contribution in [0.4, 0.5) is 5.69 Å². The number of hydrogen-bond acceptors (Lipinski definition) is 5. The summed E-state index contributed by atoms with van der Waals surface area (Å²) in [5.41, 5.74) is 1.74. The first-order chi connectivity index (χ1) is 13.9. The van der Waals surface area contributed by atoms with Crippen molar-refractivity contribution in [1.82, 2.24) is 9.47 Å². The molecule has 2 amide bonds. The molecule has 1 aromatic carbocycles. The van der Waals surface area contributed by atoms with E-state index in [0.29, 0.717) is 43.3 Å². The second-order valence-electron chi connectivity index (χ2n) is 6.97. The van der Waals surface area contributed by atoms with Crippen molar-refractivity contribution in [1.29, 1.82) is 0 Å². The maximum Gasteiger partial charge on any atom is 0.263 e. The number of carbonyl (C=O) groups excluding carboxylic acids is 2. The first kappa shape index (κ1) is 20.6. The highest BCUT2D eigenvalue weighted by Crippen LogP contribution is 2.17. The number of morpholine rings is 1. The molecule has 0 aliphatic carbocycles. The van der Waals surface area contributed by atoms with Crippen molar-refractivity contribution < 1.29 is 19.1 Å². The van der Waals surface area contributed by atoms with Crippen molar-refractivity contribution in [2.45, 2.75) is 13.8 Å². The summed E-state index contributed by atoms with van der Waals surface area (Å²) < 4.78 is 12.2. The lowest BCUT2D eigenvalue weighted by Gasteiger charge is -2.26. The van der Waals surface area contributed by atoms with E-state index >= 15 is 0 Å². The van der Waals surface area contributed by atoms with Gasteiger partial charge in [0.15, 0.2) is 6.61 Å². The van der Waals surface area contributed by atoms with Gasteiger partial charge in [0.1, 0.15) is 11.3 Å². The number of amides is 2. The summed E-state index contributed by atoms with van der Waals surface area (Å²) in [7, 11) is 1.64. The highest BCUT2D eigenvalue weighted by atomic mass is 16.5. The molecule has 1 N–H and O–H groups in total. The molecule has 0 radical (unpaired) electrons. The molecule has 2 aromatic rings. The molecule has 154 valence electrons. The molecule has 1 aromatic heterocycles. The SMILES string of the molecule is Cc1cc(C)n(C)c(=O)c1C(=O)Nc1ccc(OCC(=O)N2CCOCC2)cc1. The van der Waals surface area contributed by atoms with Crippen LogP contribution >= 0.6 is 0 Å². The summed E-state index contributed by atoms with van der Waals surface area (Å²) in [6.07, 6.45) is 0. The second-order valence-corrected chi connectivity index (χ2v) is 6.97. The van der Waals surface area contributed by atoms with E-state index in [0.717, 1.165) is 5.69 Å². The topological polar surface area (TPSA) is 89.9 Å². The Morgan fingerprint density at radius 3 is 2.45 bits per heavy atom. The molecule has 8 heteroatoms. The molecule has 1 fully saturated rings. The highest BCUT2D eigenvalue weighted by molar-refractivity contribution is 6.05. The van der Waals surface area contributed by atoms with Crippen LogP contribution in [-0.2, 0) is 16.6 Å². The Bertz CT molecular complexity index is 960. The van der Waals surface area contributed by atoms with E-state index < -0.39 is 5.91 Å². The van der Waals surface area contributed by atoms with Gasteiger partial charge in [0, 0.05) is 31.5 Å². The summed E-state index contributed by atoms with van der Waals surface area (Å²) in [4.78, 5) is 38.8. The van der Waals surface area contributed by atoms with Crippen LogP contribution in [0.1, 0.15) is 21.6 Å². The second kappa shape index (κ2) is 8.91. The Hall–Kier alpha value is -3.13. The van der Waals surface area contributed by atoms with Crippen LogP contribution in [0.5, 0.6) is 5.75 Å². The zero-order chi connectivity index (χ0) is 21.0. The number of nitrogens with one attached hydrogen (secondary N) is 1. The normalized spacial score (nSPS) is 13.8. The lowest BCUT2D eigenvalue weighted by molar-refractivity contribution is -0.137. The minimum Gasteiger partial charge on any atom is -0.484 e. The zero-order valence-corrected chi connectivity index (χ0v) is 16.9. The van der Waals surface area contributed by atoms with E-state index in [4.69, 9.17) is 9.47 Å². The molecule has 0 saturated carbocycles. The number of pyridine rings is 1. The van der Waals surface area contributed by atoms with Crippen molar-refractivity contribution in [2.75, 3.05) is 38.2 Å². The summed E-state index contributed by atoms with van der Waals surface area (Å²) in [6, 6.07) is 8.48. The van der Waals surface area contributed by atoms with Gasteiger partial charge in [-0.25, -0.2) is 0 Å². The minimum absolute atomic E-state index is 0.0513. The van der Waals surface area contributed by atoms with E-state index in [-0.39, 0.29) is 23.6 Å². The molecule has 1 saturated heterocycles. The van der Waals surface area contributed by atoms with Crippen molar-refractivity contribution in [3.05, 3.63) is 57.5 Å². The van der Waals surface area contributed by atoms with Crippen LogP contribution in [-0.4, -0.2) is 54.2 Å². The van der Waals surface area contributed by atoms with E-state index in [1.165, 1.54) is 4.57 Å². The Morgan fingerprint density at radius 1 is 1.14 bits per heavy atom. The molecule has 1 aliphatic rings. The maximum atomic E-state index is 12.6. The van der Waals surface area contributed by atoms with Gasteiger partial charge in [0.2, 0.25) is 0 Å². The van der Waals surface area contributed by atoms with Crippen LogP contribution in [0.2, 0.25) is 0 Å².